The fourth-order valence-corrected chi connectivity index (χ4v) is 3.87. The fraction of sp³-hybridized carbons (Fsp3) is 0.263. The topological polar surface area (TPSA) is 54.5 Å². The number of hydrogen-bond acceptors (Lipinski definition) is 5. The number of nitrogens with one attached hydrogen (secondary N) is 1. The molecule has 2 aromatic carbocycles. The van der Waals surface area contributed by atoms with Gasteiger partial charge in [0, 0.05) is 24.3 Å². The summed E-state index contributed by atoms with van der Waals surface area (Å²) in [7, 11) is 0. The number of rotatable bonds is 3. The van der Waals surface area contributed by atoms with Crippen molar-refractivity contribution in [2.75, 3.05) is 36.5 Å². The van der Waals surface area contributed by atoms with Crippen LogP contribution < -0.4 is 10.2 Å². The number of thiazole rings is 1. The second-order valence-corrected chi connectivity index (χ2v) is 7.21. The van der Waals surface area contributed by atoms with Crippen LogP contribution in [0.3, 0.4) is 0 Å². The maximum absolute atomic E-state index is 13.7. The van der Waals surface area contributed by atoms with Crippen molar-refractivity contribution < 1.29 is 13.9 Å². The second-order valence-electron chi connectivity index (χ2n) is 6.20. The van der Waals surface area contributed by atoms with Gasteiger partial charge in [0.25, 0.3) is 5.91 Å². The summed E-state index contributed by atoms with van der Waals surface area (Å²) in [6, 6.07) is 10.1. The number of benzene rings is 2. The van der Waals surface area contributed by atoms with Gasteiger partial charge in [-0.2, -0.15) is 0 Å². The third kappa shape index (κ3) is 3.40. The van der Waals surface area contributed by atoms with E-state index in [-0.39, 0.29) is 11.7 Å². The van der Waals surface area contributed by atoms with Gasteiger partial charge in [-0.3, -0.25) is 4.79 Å². The maximum atomic E-state index is 13.7. The molecule has 0 bridgehead atoms. The van der Waals surface area contributed by atoms with E-state index < -0.39 is 0 Å². The molecule has 0 saturated carbocycles. The number of halogens is 1. The molecule has 4 rings (SSSR count). The van der Waals surface area contributed by atoms with Crippen LogP contribution in [0.15, 0.2) is 36.4 Å². The highest BCUT2D eigenvalue weighted by Crippen LogP contribution is 2.31. The van der Waals surface area contributed by atoms with Crippen molar-refractivity contribution >= 4 is 38.3 Å². The Morgan fingerprint density at radius 2 is 2.04 bits per heavy atom. The van der Waals surface area contributed by atoms with Gasteiger partial charge in [0.05, 0.1) is 23.4 Å². The number of anilines is 2. The summed E-state index contributed by atoms with van der Waals surface area (Å²) >= 11 is 1.59. The number of morpholine rings is 1. The Labute approximate surface area is 154 Å². The Balaban J connectivity index is 1.54. The van der Waals surface area contributed by atoms with Gasteiger partial charge in [-0.25, -0.2) is 9.37 Å². The third-order valence-corrected chi connectivity index (χ3v) is 5.43. The monoisotopic (exact) mass is 371 g/mol. The van der Waals surface area contributed by atoms with Gasteiger partial charge in [-0.15, -0.1) is 0 Å². The average Bonchev–Trinajstić information content (AvgIpc) is 3.08. The predicted molar refractivity (Wildman–Crippen MR) is 102 cm³/mol. The molecule has 3 aromatic rings. The van der Waals surface area contributed by atoms with Crippen LogP contribution in [0.1, 0.15) is 15.9 Å². The summed E-state index contributed by atoms with van der Waals surface area (Å²) in [5, 5.41) is 3.79. The van der Waals surface area contributed by atoms with Crippen molar-refractivity contribution in [2.45, 2.75) is 6.92 Å². The molecule has 2 heterocycles. The molecule has 1 aliphatic heterocycles. The van der Waals surface area contributed by atoms with E-state index in [4.69, 9.17) is 4.74 Å². The van der Waals surface area contributed by atoms with Crippen molar-refractivity contribution in [1.82, 2.24) is 4.98 Å². The number of aryl methyl sites for hydroxylation is 1. The minimum Gasteiger partial charge on any atom is -0.378 e. The average molecular weight is 371 g/mol. The number of amides is 1. The van der Waals surface area contributed by atoms with E-state index >= 15 is 0 Å². The first-order valence-corrected chi connectivity index (χ1v) is 9.22. The Morgan fingerprint density at radius 1 is 1.23 bits per heavy atom. The van der Waals surface area contributed by atoms with E-state index in [1.54, 1.807) is 30.4 Å². The fourth-order valence-electron chi connectivity index (χ4n) is 2.82. The molecule has 0 aliphatic carbocycles. The van der Waals surface area contributed by atoms with Crippen molar-refractivity contribution in [3.05, 3.63) is 53.3 Å². The lowest BCUT2D eigenvalue weighted by molar-refractivity contribution is 0.102. The summed E-state index contributed by atoms with van der Waals surface area (Å²) in [5.41, 5.74) is 2.38. The Hall–Kier alpha value is -2.51. The molecule has 1 fully saturated rings. The van der Waals surface area contributed by atoms with E-state index in [1.807, 2.05) is 18.2 Å². The lowest BCUT2D eigenvalue weighted by Crippen LogP contribution is -2.36. The number of aromatic nitrogens is 1. The first-order chi connectivity index (χ1) is 12.6. The van der Waals surface area contributed by atoms with Gasteiger partial charge in [0.15, 0.2) is 5.13 Å². The van der Waals surface area contributed by atoms with Crippen LogP contribution >= 0.6 is 11.3 Å². The van der Waals surface area contributed by atoms with Gasteiger partial charge in [-0.05, 0) is 42.8 Å². The van der Waals surface area contributed by atoms with E-state index in [1.165, 1.54) is 6.07 Å². The third-order valence-electron chi connectivity index (χ3n) is 4.35. The molecule has 0 radical (unpaired) electrons. The largest absolute Gasteiger partial charge is 0.378 e. The van der Waals surface area contributed by atoms with Gasteiger partial charge < -0.3 is 15.0 Å². The van der Waals surface area contributed by atoms with E-state index in [0.717, 1.165) is 28.4 Å². The molecular formula is C19H18FN3O2S. The first-order valence-electron chi connectivity index (χ1n) is 8.41. The first kappa shape index (κ1) is 16.9. The molecule has 1 saturated heterocycles. The summed E-state index contributed by atoms with van der Waals surface area (Å²) in [6.45, 7) is 4.76. The van der Waals surface area contributed by atoms with Crippen LogP contribution in [0.5, 0.6) is 0 Å². The molecule has 1 N–H and O–H groups in total. The quantitative estimate of drug-likeness (QED) is 0.760. The van der Waals surface area contributed by atoms with Crippen LogP contribution in [0, 0.1) is 12.7 Å². The highest BCUT2D eigenvalue weighted by Gasteiger charge is 2.16. The molecule has 0 spiro atoms. The standard InChI is InChI=1S/C19H18FN3O2S/c1-12-2-3-13(10-15(12)20)18(24)21-14-4-5-16-17(11-14)26-19(22-16)23-6-8-25-9-7-23/h2-5,10-11H,6-9H2,1H3,(H,21,24). The predicted octanol–water partition coefficient (Wildman–Crippen LogP) is 3.83. The SMILES string of the molecule is Cc1ccc(C(=O)Nc2ccc3nc(N4CCOCC4)sc3c2)cc1F. The molecule has 5 nitrogen and oxygen atoms in total. The molecule has 1 aliphatic rings. The summed E-state index contributed by atoms with van der Waals surface area (Å²) in [5.74, 6) is -0.716. The van der Waals surface area contributed by atoms with E-state index in [0.29, 0.717) is 30.0 Å². The molecule has 26 heavy (non-hydrogen) atoms. The van der Waals surface area contributed by atoms with Gasteiger partial charge in [-0.1, -0.05) is 17.4 Å². The molecule has 1 aromatic heterocycles. The number of hydrogen-bond donors (Lipinski definition) is 1. The minimum absolute atomic E-state index is 0.298. The summed E-state index contributed by atoms with van der Waals surface area (Å²) in [6.07, 6.45) is 0. The van der Waals surface area contributed by atoms with Crippen LogP contribution in [-0.4, -0.2) is 37.2 Å². The Kier molecular flexibility index (Phi) is 4.57. The molecule has 0 atom stereocenters. The summed E-state index contributed by atoms with van der Waals surface area (Å²) in [4.78, 5) is 19.2. The molecule has 7 heteroatoms. The number of fused-ring (bicyclic) bond motifs is 1. The highest BCUT2D eigenvalue weighted by atomic mass is 32.1. The lowest BCUT2D eigenvalue weighted by atomic mass is 10.1. The second kappa shape index (κ2) is 7.01. The van der Waals surface area contributed by atoms with Crippen molar-refractivity contribution in [2.24, 2.45) is 0 Å². The molecular weight excluding hydrogens is 353 g/mol. The summed E-state index contributed by atoms with van der Waals surface area (Å²) < 4.78 is 20.0. The van der Waals surface area contributed by atoms with Crippen molar-refractivity contribution in [3.63, 3.8) is 0 Å². The van der Waals surface area contributed by atoms with Gasteiger partial charge in [0.2, 0.25) is 0 Å². The molecule has 0 unspecified atom stereocenters. The minimum atomic E-state index is -0.384. The Morgan fingerprint density at radius 3 is 2.81 bits per heavy atom. The molecule has 134 valence electrons. The number of ether oxygens (including phenoxy) is 1. The molecule has 1 amide bonds. The van der Waals surface area contributed by atoms with Crippen LogP contribution in [0.25, 0.3) is 10.2 Å². The number of nitrogens with zero attached hydrogens (tertiary/aromatic N) is 2. The van der Waals surface area contributed by atoms with E-state index in [2.05, 4.69) is 15.2 Å². The van der Waals surface area contributed by atoms with Crippen molar-refractivity contribution in [3.8, 4) is 0 Å². The highest BCUT2D eigenvalue weighted by molar-refractivity contribution is 7.22. The lowest BCUT2D eigenvalue weighted by Gasteiger charge is -2.25. The van der Waals surface area contributed by atoms with Gasteiger partial charge >= 0.3 is 0 Å². The van der Waals surface area contributed by atoms with Gasteiger partial charge in [0.1, 0.15) is 5.82 Å². The smallest absolute Gasteiger partial charge is 0.255 e. The zero-order chi connectivity index (χ0) is 18.1. The number of carbonyl (C=O) groups is 1. The van der Waals surface area contributed by atoms with Crippen molar-refractivity contribution in [1.29, 1.82) is 0 Å². The van der Waals surface area contributed by atoms with Crippen LogP contribution in [-0.2, 0) is 4.74 Å². The van der Waals surface area contributed by atoms with E-state index in [9.17, 15) is 9.18 Å². The zero-order valence-electron chi connectivity index (χ0n) is 14.3. The van der Waals surface area contributed by atoms with Crippen LogP contribution in [0.4, 0.5) is 15.2 Å². The Bertz CT molecular complexity index is 967. The van der Waals surface area contributed by atoms with Crippen LogP contribution in [0.2, 0.25) is 0 Å². The maximum Gasteiger partial charge on any atom is 0.255 e. The normalized spacial score (nSPS) is 14.6. The number of carbonyl (C=O) groups excluding carboxylic acids is 1. The zero-order valence-corrected chi connectivity index (χ0v) is 15.1.